The van der Waals surface area contributed by atoms with Crippen LogP contribution in [0.5, 0.6) is 0 Å². The molecule has 0 radical (unpaired) electrons. The summed E-state index contributed by atoms with van der Waals surface area (Å²) in [6.07, 6.45) is 0. The molecule has 1 aromatic rings. The SMILES string of the molecule is CN(c1ccccc1)C(CN)C(C)(C)C. The lowest BCUT2D eigenvalue weighted by molar-refractivity contribution is 0.316. The third-order valence-corrected chi connectivity index (χ3v) is 2.85. The molecule has 2 heteroatoms. The van der Waals surface area contributed by atoms with E-state index in [0.717, 1.165) is 0 Å². The highest BCUT2D eigenvalue weighted by atomic mass is 15.2. The largest absolute Gasteiger partial charge is 0.370 e. The van der Waals surface area contributed by atoms with Crippen molar-refractivity contribution in [3.63, 3.8) is 0 Å². The Labute approximate surface area is 93.1 Å². The Morgan fingerprint density at radius 3 is 2.13 bits per heavy atom. The van der Waals surface area contributed by atoms with E-state index in [4.69, 9.17) is 5.73 Å². The number of para-hydroxylation sites is 1. The second-order valence-electron chi connectivity index (χ2n) is 5.06. The molecule has 0 aliphatic heterocycles. The van der Waals surface area contributed by atoms with Crippen LogP contribution < -0.4 is 10.6 Å². The first kappa shape index (κ1) is 12.1. The summed E-state index contributed by atoms with van der Waals surface area (Å²) in [7, 11) is 2.11. The van der Waals surface area contributed by atoms with Crippen molar-refractivity contribution in [3.8, 4) is 0 Å². The number of nitrogens with two attached hydrogens (primary N) is 1. The second-order valence-corrected chi connectivity index (χ2v) is 5.06. The lowest BCUT2D eigenvalue weighted by atomic mass is 9.85. The van der Waals surface area contributed by atoms with Crippen LogP contribution in [0.25, 0.3) is 0 Å². The van der Waals surface area contributed by atoms with Crippen LogP contribution in [0.15, 0.2) is 30.3 Å². The number of rotatable bonds is 3. The number of benzene rings is 1. The minimum atomic E-state index is 0.194. The van der Waals surface area contributed by atoms with E-state index in [-0.39, 0.29) is 5.41 Å². The van der Waals surface area contributed by atoms with Gasteiger partial charge in [0.2, 0.25) is 0 Å². The molecule has 15 heavy (non-hydrogen) atoms. The number of hydrogen-bond donors (Lipinski definition) is 1. The molecular weight excluding hydrogens is 184 g/mol. The quantitative estimate of drug-likeness (QED) is 0.823. The topological polar surface area (TPSA) is 29.3 Å². The Morgan fingerprint density at radius 1 is 1.20 bits per heavy atom. The van der Waals surface area contributed by atoms with Crippen molar-refractivity contribution in [3.05, 3.63) is 30.3 Å². The molecule has 0 bridgehead atoms. The highest BCUT2D eigenvalue weighted by Crippen LogP contribution is 2.26. The number of hydrogen-bond acceptors (Lipinski definition) is 2. The minimum absolute atomic E-state index is 0.194. The average molecular weight is 206 g/mol. The Kier molecular flexibility index (Phi) is 3.75. The first-order chi connectivity index (χ1) is 6.96. The third kappa shape index (κ3) is 2.96. The summed E-state index contributed by atoms with van der Waals surface area (Å²) < 4.78 is 0. The number of anilines is 1. The molecule has 0 aromatic heterocycles. The lowest BCUT2D eigenvalue weighted by Crippen LogP contribution is -2.47. The highest BCUT2D eigenvalue weighted by Gasteiger charge is 2.26. The normalized spacial score (nSPS) is 13.7. The van der Waals surface area contributed by atoms with Crippen molar-refractivity contribution in [1.82, 2.24) is 0 Å². The van der Waals surface area contributed by atoms with Gasteiger partial charge >= 0.3 is 0 Å². The van der Waals surface area contributed by atoms with E-state index in [1.807, 2.05) is 6.07 Å². The Morgan fingerprint density at radius 2 is 1.73 bits per heavy atom. The molecule has 1 rings (SSSR count). The zero-order valence-corrected chi connectivity index (χ0v) is 10.2. The molecule has 0 heterocycles. The molecule has 0 amide bonds. The van der Waals surface area contributed by atoms with Crippen molar-refractivity contribution >= 4 is 5.69 Å². The summed E-state index contributed by atoms with van der Waals surface area (Å²) >= 11 is 0. The van der Waals surface area contributed by atoms with Gasteiger partial charge in [-0.1, -0.05) is 39.0 Å². The molecule has 84 valence electrons. The first-order valence-electron chi connectivity index (χ1n) is 5.44. The van der Waals surface area contributed by atoms with E-state index >= 15 is 0 Å². The molecule has 1 unspecified atom stereocenters. The molecule has 2 N–H and O–H groups in total. The van der Waals surface area contributed by atoms with Gasteiger partial charge in [0.25, 0.3) is 0 Å². The van der Waals surface area contributed by atoms with Gasteiger partial charge in [-0.15, -0.1) is 0 Å². The Hall–Kier alpha value is -1.02. The van der Waals surface area contributed by atoms with Gasteiger partial charge in [-0.3, -0.25) is 0 Å². The van der Waals surface area contributed by atoms with Crippen LogP contribution >= 0.6 is 0 Å². The first-order valence-corrected chi connectivity index (χ1v) is 5.44. The van der Waals surface area contributed by atoms with Gasteiger partial charge in [-0.25, -0.2) is 0 Å². The van der Waals surface area contributed by atoms with Crippen molar-refractivity contribution in [1.29, 1.82) is 0 Å². The van der Waals surface area contributed by atoms with Crippen molar-refractivity contribution in [2.24, 2.45) is 11.1 Å². The fourth-order valence-electron chi connectivity index (χ4n) is 1.94. The maximum absolute atomic E-state index is 5.86. The minimum Gasteiger partial charge on any atom is -0.370 e. The summed E-state index contributed by atoms with van der Waals surface area (Å²) in [5, 5.41) is 0. The van der Waals surface area contributed by atoms with Crippen LogP contribution in [0.3, 0.4) is 0 Å². The molecule has 1 aromatic carbocycles. The standard InChI is InChI=1S/C13H22N2/c1-13(2,3)12(10-14)15(4)11-8-6-5-7-9-11/h5-9,12H,10,14H2,1-4H3. The van der Waals surface area contributed by atoms with Gasteiger partial charge in [-0.05, 0) is 17.5 Å². The van der Waals surface area contributed by atoms with Crippen molar-refractivity contribution in [2.45, 2.75) is 26.8 Å². The fourth-order valence-corrected chi connectivity index (χ4v) is 1.94. The van der Waals surface area contributed by atoms with E-state index in [2.05, 4.69) is 57.0 Å². The molecule has 0 spiro atoms. The van der Waals surface area contributed by atoms with Crippen molar-refractivity contribution < 1.29 is 0 Å². The zero-order chi connectivity index (χ0) is 11.5. The van der Waals surface area contributed by atoms with E-state index in [1.165, 1.54) is 5.69 Å². The highest BCUT2D eigenvalue weighted by molar-refractivity contribution is 5.46. The zero-order valence-electron chi connectivity index (χ0n) is 10.2. The Balaban J connectivity index is 2.88. The maximum Gasteiger partial charge on any atom is 0.0457 e. The molecule has 0 aliphatic carbocycles. The predicted octanol–water partition coefficient (Wildman–Crippen LogP) is 2.50. The van der Waals surface area contributed by atoms with Crippen LogP contribution in [0.4, 0.5) is 5.69 Å². The van der Waals surface area contributed by atoms with Gasteiger partial charge < -0.3 is 10.6 Å². The summed E-state index contributed by atoms with van der Waals surface area (Å²) in [6, 6.07) is 10.7. The molecule has 0 fully saturated rings. The summed E-state index contributed by atoms with van der Waals surface area (Å²) in [5.41, 5.74) is 7.27. The van der Waals surface area contributed by atoms with Crippen LogP contribution in [-0.4, -0.2) is 19.6 Å². The molecule has 0 saturated carbocycles. The second kappa shape index (κ2) is 4.67. The van der Waals surface area contributed by atoms with Gasteiger partial charge in [0.15, 0.2) is 0 Å². The van der Waals surface area contributed by atoms with Crippen LogP contribution in [0.1, 0.15) is 20.8 Å². The molecular formula is C13H22N2. The van der Waals surface area contributed by atoms with E-state index in [1.54, 1.807) is 0 Å². The van der Waals surface area contributed by atoms with Gasteiger partial charge in [0, 0.05) is 25.3 Å². The van der Waals surface area contributed by atoms with Crippen molar-refractivity contribution in [2.75, 3.05) is 18.5 Å². The molecule has 2 nitrogen and oxygen atoms in total. The Bertz CT molecular complexity index is 287. The van der Waals surface area contributed by atoms with Crippen LogP contribution in [0, 0.1) is 5.41 Å². The monoisotopic (exact) mass is 206 g/mol. The van der Waals surface area contributed by atoms with Gasteiger partial charge in [0.05, 0.1) is 0 Å². The summed E-state index contributed by atoms with van der Waals surface area (Å²) in [5.74, 6) is 0. The van der Waals surface area contributed by atoms with E-state index in [9.17, 15) is 0 Å². The smallest absolute Gasteiger partial charge is 0.0457 e. The third-order valence-electron chi connectivity index (χ3n) is 2.85. The van der Waals surface area contributed by atoms with E-state index in [0.29, 0.717) is 12.6 Å². The summed E-state index contributed by atoms with van der Waals surface area (Å²) in [4.78, 5) is 2.26. The lowest BCUT2D eigenvalue weighted by Gasteiger charge is -2.38. The average Bonchev–Trinajstić information content (AvgIpc) is 2.18. The molecule has 0 saturated heterocycles. The summed E-state index contributed by atoms with van der Waals surface area (Å²) in [6.45, 7) is 7.35. The van der Waals surface area contributed by atoms with Crippen LogP contribution in [-0.2, 0) is 0 Å². The number of likely N-dealkylation sites (N-methyl/N-ethyl adjacent to an activating group) is 1. The predicted molar refractivity (Wildman–Crippen MR) is 67.1 cm³/mol. The van der Waals surface area contributed by atoms with E-state index < -0.39 is 0 Å². The van der Waals surface area contributed by atoms with Crippen LogP contribution in [0.2, 0.25) is 0 Å². The van der Waals surface area contributed by atoms with Gasteiger partial charge in [0.1, 0.15) is 0 Å². The number of nitrogens with zero attached hydrogens (tertiary/aromatic N) is 1. The molecule has 1 atom stereocenters. The maximum atomic E-state index is 5.86. The fraction of sp³-hybridized carbons (Fsp3) is 0.538. The van der Waals surface area contributed by atoms with Gasteiger partial charge in [-0.2, -0.15) is 0 Å². The molecule has 0 aliphatic rings.